The van der Waals surface area contributed by atoms with Crippen LogP contribution < -0.4 is 33.2 Å². The van der Waals surface area contributed by atoms with Gasteiger partial charge in [-0.15, -0.1) is 0 Å². The molecule has 0 heterocycles. The maximum absolute atomic E-state index is 13.0. The number of guanidine groups is 1. The summed E-state index contributed by atoms with van der Waals surface area (Å²) in [6.07, 6.45) is 0.641. The van der Waals surface area contributed by atoms with Gasteiger partial charge in [0, 0.05) is 6.54 Å². The molecule has 0 saturated heterocycles. The number of carbonyl (C=O) groups is 4. The molecule has 1 aromatic rings. The number of carboxylic acid groups (broad SMARTS) is 1. The van der Waals surface area contributed by atoms with Crippen molar-refractivity contribution >= 4 is 29.7 Å². The van der Waals surface area contributed by atoms with Crippen molar-refractivity contribution in [2.45, 2.75) is 63.7 Å². The van der Waals surface area contributed by atoms with Gasteiger partial charge in [-0.05, 0) is 49.3 Å². The number of aliphatic hydroxyl groups excluding tert-OH is 1. The smallest absolute Gasteiger partial charge is 0.326 e. The van der Waals surface area contributed by atoms with Crippen LogP contribution in [0.2, 0.25) is 0 Å². The van der Waals surface area contributed by atoms with Crippen LogP contribution in [-0.2, 0) is 25.6 Å². The van der Waals surface area contributed by atoms with E-state index in [0.717, 1.165) is 0 Å². The largest absolute Gasteiger partial charge is 0.508 e. The molecule has 14 heteroatoms. The van der Waals surface area contributed by atoms with E-state index in [1.165, 1.54) is 12.1 Å². The van der Waals surface area contributed by atoms with Crippen LogP contribution >= 0.6 is 0 Å². The molecular weight excluding hydrogens is 498 g/mol. The minimum atomic E-state index is -1.46. The maximum Gasteiger partial charge on any atom is 0.326 e. The third-order valence-corrected chi connectivity index (χ3v) is 5.44. The van der Waals surface area contributed by atoms with Gasteiger partial charge in [-0.2, -0.15) is 0 Å². The highest BCUT2D eigenvalue weighted by Gasteiger charge is 2.30. The van der Waals surface area contributed by atoms with Crippen molar-refractivity contribution < 1.29 is 34.5 Å². The Morgan fingerprint density at radius 2 is 1.47 bits per heavy atom. The number of nitrogens with one attached hydrogen (secondary N) is 3. The highest BCUT2D eigenvalue weighted by molar-refractivity contribution is 5.94. The fourth-order valence-corrected chi connectivity index (χ4v) is 3.46. The van der Waals surface area contributed by atoms with Crippen LogP contribution in [0.5, 0.6) is 5.75 Å². The molecule has 0 radical (unpaired) electrons. The van der Waals surface area contributed by atoms with Gasteiger partial charge in [0.2, 0.25) is 17.7 Å². The summed E-state index contributed by atoms with van der Waals surface area (Å²) in [5, 5.41) is 35.7. The van der Waals surface area contributed by atoms with Crippen LogP contribution in [-0.4, -0.2) is 82.3 Å². The number of aliphatic carboxylic acids is 1. The Kier molecular flexibility index (Phi) is 13.6. The molecule has 0 bridgehead atoms. The van der Waals surface area contributed by atoms with E-state index in [4.69, 9.17) is 17.2 Å². The van der Waals surface area contributed by atoms with Crippen LogP contribution in [0.25, 0.3) is 0 Å². The van der Waals surface area contributed by atoms with Crippen molar-refractivity contribution in [1.29, 1.82) is 0 Å². The zero-order valence-electron chi connectivity index (χ0n) is 21.6. The molecule has 12 N–H and O–H groups in total. The van der Waals surface area contributed by atoms with Gasteiger partial charge in [-0.25, -0.2) is 4.79 Å². The first kappa shape index (κ1) is 32.1. The Morgan fingerprint density at radius 3 is 2.00 bits per heavy atom. The van der Waals surface area contributed by atoms with Gasteiger partial charge in [0.05, 0.1) is 12.6 Å². The third-order valence-electron chi connectivity index (χ3n) is 5.44. The number of hydrogen-bond acceptors (Lipinski definition) is 8. The molecule has 4 atom stereocenters. The van der Waals surface area contributed by atoms with Gasteiger partial charge in [0.1, 0.15) is 23.9 Å². The van der Waals surface area contributed by atoms with E-state index in [1.54, 1.807) is 12.1 Å². The third kappa shape index (κ3) is 11.9. The average molecular weight is 538 g/mol. The number of nitrogens with zero attached hydrogens (tertiary/aromatic N) is 1. The van der Waals surface area contributed by atoms with Crippen molar-refractivity contribution in [2.24, 2.45) is 28.1 Å². The second-order valence-corrected chi connectivity index (χ2v) is 9.26. The molecule has 212 valence electrons. The molecule has 1 rings (SSSR count). The average Bonchev–Trinajstić information content (AvgIpc) is 2.84. The lowest BCUT2D eigenvalue weighted by Gasteiger charge is -2.25. The number of carboxylic acids is 1. The Labute approximate surface area is 221 Å². The Bertz CT molecular complexity index is 965. The number of aromatic hydroxyl groups is 1. The number of benzene rings is 1. The summed E-state index contributed by atoms with van der Waals surface area (Å²) < 4.78 is 0. The van der Waals surface area contributed by atoms with Crippen LogP contribution in [0, 0.1) is 5.92 Å². The normalized spacial score (nSPS) is 14.0. The second-order valence-electron chi connectivity index (χ2n) is 9.26. The monoisotopic (exact) mass is 537 g/mol. The molecule has 0 aliphatic heterocycles. The molecule has 4 unspecified atom stereocenters. The first-order valence-corrected chi connectivity index (χ1v) is 12.2. The summed E-state index contributed by atoms with van der Waals surface area (Å²) in [4.78, 5) is 53.6. The lowest BCUT2D eigenvalue weighted by molar-refractivity contribution is -0.142. The van der Waals surface area contributed by atoms with E-state index in [2.05, 4.69) is 20.9 Å². The minimum Gasteiger partial charge on any atom is -0.508 e. The number of phenols is 1. The first-order valence-electron chi connectivity index (χ1n) is 12.2. The predicted octanol–water partition coefficient (Wildman–Crippen LogP) is -2.11. The van der Waals surface area contributed by atoms with Gasteiger partial charge in [-0.3, -0.25) is 19.4 Å². The predicted molar refractivity (Wildman–Crippen MR) is 140 cm³/mol. The zero-order valence-corrected chi connectivity index (χ0v) is 21.6. The molecule has 0 fully saturated rings. The molecule has 0 aromatic heterocycles. The van der Waals surface area contributed by atoms with E-state index in [9.17, 15) is 34.5 Å². The van der Waals surface area contributed by atoms with E-state index < -0.39 is 54.5 Å². The first-order chi connectivity index (χ1) is 17.8. The van der Waals surface area contributed by atoms with Crippen molar-refractivity contribution in [1.82, 2.24) is 16.0 Å². The Balaban J connectivity index is 2.81. The van der Waals surface area contributed by atoms with Crippen molar-refractivity contribution in [3.05, 3.63) is 29.8 Å². The fraction of sp³-hybridized carbons (Fsp3) is 0.542. The minimum absolute atomic E-state index is 0.00883. The van der Waals surface area contributed by atoms with Crippen molar-refractivity contribution in [3.8, 4) is 5.75 Å². The van der Waals surface area contributed by atoms with Crippen LogP contribution in [0.15, 0.2) is 29.3 Å². The molecule has 0 aliphatic rings. The number of hydrogen-bond donors (Lipinski definition) is 9. The number of nitrogens with two attached hydrogens (primary N) is 3. The number of rotatable bonds is 16. The highest BCUT2D eigenvalue weighted by Crippen LogP contribution is 2.12. The van der Waals surface area contributed by atoms with E-state index >= 15 is 0 Å². The Hall–Kier alpha value is -3.91. The quantitative estimate of drug-likeness (QED) is 0.0630. The summed E-state index contributed by atoms with van der Waals surface area (Å²) >= 11 is 0. The number of aliphatic hydroxyl groups is 1. The summed E-state index contributed by atoms with van der Waals surface area (Å²) in [6.45, 7) is 3.02. The number of amides is 3. The van der Waals surface area contributed by atoms with Crippen LogP contribution in [0.1, 0.15) is 38.7 Å². The molecule has 0 spiro atoms. The van der Waals surface area contributed by atoms with E-state index in [1.807, 2.05) is 13.8 Å². The highest BCUT2D eigenvalue weighted by atomic mass is 16.4. The molecule has 0 saturated carbocycles. The number of phenolic OH excluding ortho intramolecular Hbond substituents is 1. The molecule has 1 aromatic carbocycles. The number of carbonyl (C=O) groups excluding carboxylic acids is 3. The summed E-state index contributed by atoms with van der Waals surface area (Å²) in [7, 11) is 0. The van der Waals surface area contributed by atoms with Crippen molar-refractivity contribution in [3.63, 3.8) is 0 Å². The molecule has 38 heavy (non-hydrogen) atoms. The lowest BCUT2D eigenvalue weighted by Crippen LogP contribution is -2.58. The second kappa shape index (κ2) is 16.0. The maximum atomic E-state index is 13.0. The Morgan fingerprint density at radius 1 is 0.921 bits per heavy atom. The lowest BCUT2D eigenvalue weighted by atomic mass is 10.0. The molecule has 3 amide bonds. The fourth-order valence-electron chi connectivity index (χ4n) is 3.46. The van der Waals surface area contributed by atoms with E-state index in [-0.39, 0.29) is 49.9 Å². The van der Waals surface area contributed by atoms with Crippen LogP contribution in [0.4, 0.5) is 0 Å². The van der Waals surface area contributed by atoms with Crippen LogP contribution in [0.3, 0.4) is 0 Å². The van der Waals surface area contributed by atoms with Crippen molar-refractivity contribution in [2.75, 3.05) is 13.2 Å². The SMILES string of the molecule is CC(C)CC(NC(=O)C(N)Cc1ccc(O)cc1)C(=O)NC(CO)C(=O)NC(CCCN=C(N)N)C(=O)O. The zero-order chi connectivity index (χ0) is 28.8. The van der Waals surface area contributed by atoms with Gasteiger partial charge in [0.15, 0.2) is 5.96 Å². The molecular formula is C24H39N7O7. The summed E-state index contributed by atoms with van der Waals surface area (Å²) in [6, 6.07) is 1.36. The van der Waals surface area contributed by atoms with Gasteiger partial charge < -0.3 is 48.5 Å². The molecule has 14 nitrogen and oxygen atoms in total. The van der Waals surface area contributed by atoms with Gasteiger partial charge in [0.25, 0.3) is 0 Å². The van der Waals surface area contributed by atoms with Gasteiger partial charge >= 0.3 is 5.97 Å². The van der Waals surface area contributed by atoms with Gasteiger partial charge in [-0.1, -0.05) is 26.0 Å². The topological polar surface area (TPSA) is 255 Å². The summed E-state index contributed by atoms with van der Waals surface area (Å²) in [5.41, 5.74) is 17.2. The standard InChI is InChI=1S/C24H39N7O7/c1-13(2)10-18(30-20(34)16(25)11-14-5-7-15(33)8-6-14)21(35)31-19(12-32)22(36)29-17(23(37)38)4-3-9-28-24(26)27/h5-8,13,16-19,32-33H,3-4,9-12,25H2,1-2H3,(H,29,36)(H,30,34)(H,31,35)(H,37,38)(H4,26,27,28). The number of aliphatic imine (C=N–C) groups is 1. The summed E-state index contributed by atoms with van der Waals surface area (Å²) in [5.74, 6) is -3.65. The molecule has 0 aliphatic carbocycles. The van der Waals surface area contributed by atoms with E-state index in [0.29, 0.717) is 5.56 Å².